The highest BCUT2D eigenvalue weighted by molar-refractivity contribution is 5.32. The van der Waals surface area contributed by atoms with Crippen molar-refractivity contribution < 1.29 is 4.42 Å². The molecule has 1 unspecified atom stereocenters. The third kappa shape index (κ3) is 1.84. The normalized spacial score (nSPS) is 22.0. The Balaban J connectivity index is 2.22. The molecule has 0 bridgehead atoms. The van der Waals surface area contributed by atoms with E-state index in [4.69, 9.17) is 10.2 Å². The van der Waals surface area contributed by atoms with Gasteiger partial charge in [-0.25, -0.2) is 0 Å². The molecule has 0 aromatic carbocycles. The molecule has 1 fully saturated rings. The summed E-state index contributed by atoms with van der Waals surface area (Å²) in [5.41, 5.74) is 5.79. The minimum absolute atomic E-state index is 0.113. The Labute approximate surface area is 89.6 Å². The van der Waals surface area contributed by atoms with E-state index >= 15 is 0 Å². The summed E-state index contributed by atoms with van der Waals surface area (Å²) in [5.74, 6) is 0.507. The summed E-state index contributed by atoms with van der Waals surface area (Å²) >= 11 is 0. The zero-order valence-corrected chi connectivity index (χ0v) is 9.53. The summed E-state index contributed by atoms with van der Waals surface area (Å²) < 4.78 is 5.54. The average molecular weight is 210 g/mol. The van der Waals surface area contributed by atoms with Crippen molar-refractivity contribution >= 4 is 6.01 Å². The molecule has 0 saturated carbocycles. The predicted octanol–water partition coefficient (Wildman–Crippen LogP) is 1.47. The number of hydrogen-bond donors (Lipinski definition) is 1. The lowest BCUT2D eigenvalue weighted by atomic mass is 10.0. The van der Waals surface area contributed by atoms with Crippen LogP contribution < -0.4 is 10.6 Å². The first-order chi connectivity index (χ1) is 7.00. The van der Waals surface area contributed by atoms with E-state index < -0.39 is 0 Å². The predicted molar refractivity (Wildman–Crippen MR) is 57.6 cm³/mol. The third-order valence-electron chi connectivity index (χ3n) is 2.95. The van der Waals surface area contributed by atoms with Crippen molar-refractivity contribution in [3.63, 3.8) is 0 Å². The maximum absolute atomic E-state index is 5.68. The fourth-order valence-corrected chi connectivity index (χ4v) is 1.98. The Morgan fingerprint density at radius 3 is 2.67 bits per heavy atom. The summed E-state index contributed by atoms with van der Waals surface area (Å²) in [6, 6.07) is 0.404. The average Bonchev–Trinajstić information content (AvgIpc) is 2.69. The van der Waals surface area contributed by atoms with Gasteiger partial charge in [0.1, 0.15) is 0 Å². The van der Waals surface area contributed by atoms with Crippen molar-refractivity contribution in [2.45, 2.75) is 45.2 Å². The third-order valence-corrected chi connectivity index (χ3v) is 2.95. The highest BCUT2D eigenvalue weighted by Crippen LogP contribution is 2.32. The Hall–Kier alpha value is -1.10. The van der Waals surface area contributed by atoms with Gasteiger partial charge in [0.2, 0.25) is 5.89 Å². The van der Waals surface area contributed by atoms with Crippen LogP contribution in [0.25, 0.3) is 0 Å². The van der Waals surface area contributed by atoms with Crippen molar-refractivity contribution in [1.29, 1.82) is 0 Å². The van der Waals surface area contributed by atoms with E-state index in [0.717, 1.165) is 13.0 Å². The molecule has 1 aliphatic rings. The van der Waals surface area contributed by atoms with Crippen LogP contribution in [-0.4, -0.2) is 22.3 Å². The minimum atomic E-state index is -0.197. The molecule has 5 nitrogen and oxygen atoms in total. The monoisotopic (exact) mass is 210 g/mol. The van der Waals surface area contributed by atoms with Gasteiger partial charge in [-0.2, -0.15) is 0 Å². The van der Waals surface area contributed by atoms with E-state index in [1.54, 1.807) is 0 Å². The van der Waals surface area contributed by atoms with E-state index in [0.29, 0.717) is 11.9 Å². The van der Waals surface area contributed by atoms with Crippen LogP contribution in [0.4, 0.5) is 6.01 Å². The summed E-state index contributed by atoms with van der Waals surface area (Å²) in [7, 11) is 0. The molecule has 1 atom stereocenters. The van der Waals surface area contributed by atoms with Crippen molar-refractivity contribution in [2.75, 3.05) is 11.4 Å². The lowest BCUT2D eigenvalue weighted by molar-refractivity contribution is 0.425. The van der Waals surface area contributed by atoms with Crippen molar-refractivity contribution in [3.8, 4) is 0 Å². The minimum Gasteiger partial charge on any atom is -0.406 e. The molecule has 2 heterocycles. The van der Waals surface area contributed by atoms with Gasteiger partial charge in [-0.05, 0) is 33.6 Å². The molecule has 0 aliphatic carbocycles. The van der Waals surface area contributed by atoms with Crippen LogP contribution in [0.3, 0.4) is 0 Å². The number of aromatic nitrogens is 2. The zero-order valence-electron chi connectivity index (χ0n) is 9.53. The van der Waals surface area contributed by atoms with Crippen molar-refractivity contribution in [1.82, 2.24) is 10.2 Å². The first kappa shape index (κ1) is 10.4. The second-order valence-corrected chi connectivity index (χ2v) is 4.78. The molecule has 5 heteroatoms. The van der Waals surface area contributed by atoms with E-state index in [9.17, 15) is 0 Å². The molecule has 1 aliphatic heterocycles. The first-order valence-electron chi connectivity index (χ1n) is 5.37. The van der Waals surface area contributed by atoms with Gasteiger partial charge in [-0.15, -0.1) is 5.10 Å². The Kier molecular flexibility index (Phi) is 2.42. The van der Waals surface area contributed by atoms with Gasteiger partial charge in [-0.3, -0.25) is 0 Å². The molecule has 0 radical (unpaired) electrons. The van der Waals surface area contributed by atoms with E-state index in [1.165, 1.54) is 6.42 Å². The molecule has 0 spiro atoms. The van der Waals surface area contributed by atoms with Crippen LogP contribution in [0.15, 0.2) is 4.42 Å². The van der Waals surface area contributed by atoms with Gasteiger partial charge >= 0.3 is 6.01 Å². The van der Waals surface area contributed by atoms with Crippen LogP contribution in [-0.2, 0) is 0 Å². The van der Waals surface area contributed by atoms with Crippen LogP contribution in [0, 0.1) is 0 Å². The SMILES string of the molecule is CC(N)c1nnc(N2CCCC2(C)C)o1. The molecule has 1 saturated heterocycles. The zero-order chi connectivity index (χ0) is 11.1. The quantitative estimate of drug-likeness (QED) is 0.800. The number of nitrogens with two attached hydrogens (primary N) is 1. The molecule has 1 aromatic heterocycles. The van der Waals surface area contributed by atoms with Gasteiger partial charge in [0.25, 0.3) is 0 Å². The van der Waals surface area contributed by atoms with Gasteiger partial charge in [-0.1, -0.05) is 5.10 Å². The highest BCUT2D eigenvalue weighted by Gasteiger charge is 2.35. The smallest absolute Gasteiger partial charge is 0.318 e. The standard InChI is InChI=1S/C10H18N4O/c1-7(11)8-12-13-9(15-8)14-6-4-5-10(14,2)3/h7H,4-6,11H2,1-3H3. The van der Waals surface area contributed by atoms with Gasteiger partial charge < -0.3 is 15.1 Å². The molecule has 1 aromatic rings. The van der Waals surface area contributed by atoms with Crippen LogP contribution in [0.1, 0.15) is 45.5 Å². The lowest BCUT2D eigenvalue weighted by Gasteiger charge is -2.29. The summed E-state index contributed by atoms with van der Waals surface area (Å²) in [5, 5.41) is 7.99. The fraction of sp³-hybridized carbons (Fsp3) is 0.800. The molecule has 15 heavy (non-hydrogen) atoms. The molecule has 0 amide bonds. The fourth-order valence-electron chi connectivity index (χ4n) is 1.98. The topological polar surface area (TPSA) is 68.2 Å². The highest BCUT2D eigenvalue weighted by atomic mass is 16.4. The number of anilines is 1. The van der Waals surface area contributed by atoms with Crippen LogP contribution in [0.2, 0.25) is 0 Å². The van der Waals surface area contributed by atoms with Crippen molar-refractivity contribution in [2.24, 2.45) is 5.73 Å². The number of nitrogens with zero attached hydrogens (tertiary/aromatic N) is 3. The van der Waals surface area contributed by atoms with Gasteiger partial charge in [0, 0.05) is 12.1 Å². The van der Waals surface area contributed by atoms with E-state index in [-0.39, 0.29) is 11.6 Å². The Bertz CT molecular complexity index is 345. The molecular formula is C10H18N4O. The largest absolute Gasteiger partial charge is 0.406 e. The second-order valence-electron chi connectivity index (χ2n) is 4.78. The first-order valence-corrected chi connectivity index (χ1v) is 5.37. The van der Waals surface area contributed by atoms with E-state index in [2.05, 4.69) is 28.9 Å². The van der Waals surface area contributed by atoms with Gasteiger partial charge in [0.15, 0.2) is 0 Å². The summed E-state index contributed by atoms with van der Waals surface area (Å²) in [6.07, 6.45) is 2.33. The Morgan fingerprint density at radius 2 is 2.20 bits per heavy atom. The molecule has 2 rings (SSSR count). The Morgan fingerprint density at radius 1 is 1.47 bits per heavy atom. The van der Waals surface area contributed by atoms with Gasteiger partial charge in [0.05, 0.1) is 6.04 Å². The van der Waals surface area contributed by atoms with E-state index in [1.807, 2.05) is 6.92 Å². The summed E-state index contributed by atoms with van der Waals surface area (Å²) in [6.45, 7) is 7.20. The molecular weight excluding hydrogens is 192 g/mol. The molecule has 84 valence electrons. The summed E-state index contributed by atoms with van der Waals surface area (Å²) in [4.78, 5) is 2.16. The lowest BCUT2D eigenvalue weighted by Crippen LogP contribution is -2.38. The molecule has 2 N–H and O–H groups in total. The maximum Gasteiger partial charge on any atom is 0.318 e. The number of hydrogen-bond acceptors (Lipinski definition) is 5. The van der Waals surface area contributed by atoms with Crippen LogP contribution in [0.5, 0.6) is 0 Å². The maximum atomic E-state index is 5.68. The number of rotatable bonds is 2. The second kappa shape index (κ2) is 3.48. The van der Waals surface area contributed by atoms with Crippen LogP contribution >= 0.6 is 0 Å². The van der Waals surface area contributed by atoms with Crippen molar-refractivity contribution in [3.05, 3.63) is 5.89 Å².